The van der Waals surface area contributed by atoms with Crippen molar-refractivity contribution in [3.05, 3.63) is 94.1 Å². The quantitative estimate of drug-likeness (QED) is 0.230. The van der Waals surface area contributed by atoms with Crippen LogP contribution in [0.1, 0.15) is 58.4 Å². The second kappa shape index (κ2) is 10.9. The lowest BCUT2D eigenvalue weighted by Gasteiger charge is -2.19. The summed E-state index contributed by atoms with van der Waals surface area (Å²) in [4.78, 5) is 11.7. The molecule has 0 saturated carbocycles. The lowest BCUT2D eigenvalue weighted by atomic mass is 9.90. The number of aryl methyl sites for hydroxylation is 3. The number of nitrogens with zero attached hydrogens (tertiary/aromatic N) is 2. The fourth-order valence-electron chi connectivity index (χ4n) is 6.10. The highest BCUT2D eigenvalue weighted by atomic mass is 19.1. The van der Waals surface area contributed by atoms with Crippen molar-refractivity contribution < 1.29 is 28.1 Å². The van der Waals surface area contributed by atoms with Gasteiger partial charge in [-0.05, 0) is 84.8 Å². The van der Waals surface area contributed by atoms with Crippen LogP contribution in [0.3, 0.4) is 0 Å². The molecule has 2 heterocycles. The molecule has 0 fully saturated rings. The van der Waals surface area contributed by atoms with Gasteiger partial charge in [0.2, 0.25) is 0 Å². The van der Waals surface area contributed by atoms with Gasteiger partial charge in [-0.2, -0.15) is 5.10 Å². The molecule has 0 spiro atoms. The van der Waals surface area contributed by atoms with Gasteiger partial charge in [-0.15, -0.1) is 0 Å². The Kier molecular flexibility index (Phi) is 7.15. The molecule has 0 N–H and O–H groups in total. The van der Waals surface area contributed by atoms with Crippen molar-refractivity contribution in [2.45, 2.75) is 51.7 Å². The molecule has 0 saturated heterocycles. The Morgan fingerprint density at radius 3 is 2.63 bits per heavy atom. The first kappa shape index (κ1) is 26.9. The van der Waals surface area contributed by atoms with E-state index >= 15 is 4.39 Å². The van der Waals surface area contributed by atoms with Gasteiger partial charge in [0.1, 0.15) is 35.8 Å². The minimum atomic E-state index is -0.406. The zero-order valence-corrected chi connectivity index (χ0v) is 23.7. The number of hydrogen-bond donors (Lipinski definition) is 0. The monoisotopic (exact) mass is 556 g/mol. The number of fused-ring (bicyclic) bond motifs is 2. The van der Waals surface area contributed by atoms with E-state index in [1.165, 1.54) is 7.11 Å². The number of carbonyl (C=O) groups excluding carboxylic acids is 1. The van der Waals surface area contributed by atoms with E-state index in [9.17, 15) is 4.79 Å². The molecule has 3 aromatic carbocycles. The first-order chi connectivity index (χ1) is 19.8. The number of benzene rings is 3. The second-order valence-electron chi connectivity index (χ2n) is 10.8. The standard InChI is InChI=1S/C33H33FN2O5/c1-19-13-24(39-18-22-11-12-36(3)35-22)14-20(2)32(19)26-7-9-28(34)33-27(26)8-10-29(33)41-23-5-6-25-21(15-31(37)38-4)17-40-30(25)16-23/h5-7,9,11-14,16,21,29H,8,10,15,17-18H2,1-4H3/t21-,29?/m1/s1. The molecular formula is C33H33FN2O5. The summed E-state index contributed by atoms with van der Waals surface area (Å²) in [5, 5.41) is 4.37. The van der Waals surface area contributed by atoms with Gasteiger partial charge < -0.3 is 18.9 Å². The van der Waals surface area contributed by atoms with Crippen LogP contribution in [0.25, 0.3) is 11.1 Å². The highest BCUT2D eigenvalue weighted by Gasteiger charge is 2.32. The second-order valence-corrected chi connectivity index (χ2v) is 10.8. The fraction of sp³-hybridized carbons (Fsp3) is 0.333. The molecule has 2 aliphatic rings. The zero-order valence-electron chi connectivity index (χ0n) is 23.7. The highest BCUT2D eigenvalue weighted by Crippen LogP contribution is 2.45. The van der Waals surface area contributed by atoms with Gasteiger partial charge in [-0.1, -0.05) is 12.1 Å². The summed E-state index contributed by atoms with van der Waals surface area (Å²) in [5.41, 5.74) is 7.68. The summed E-state index contributed by atoms with van der Waals surface area (Å²) >= 11 is 0. The number of carbonyl (C=O) groups is 1. The Hall–Kier alpha value is -4.33. The Labute approximate surface area is 238 Å². The van der Waals surface area contributed by atoms with E-state index in [0.29, 0.717) is 43.1 Å². The summed E-state index contributed by atoms with van der Waals surface area (Å²) in [6.45, 7) is 4.94. The molecule has 6 rings (SSSR count). The molecular weight excluding hydrogens is 523 g/mol. The van der Waals surface area contributed by atoms with Crippen molar-refractivity contribution in [1.29, 1.82) is 0 Å². The van der Waals surface area contributed by atoms with Crippen LogP contribution in [-0.4, -0.2) is 29.5 Å². The van der Waals surface area contributed by atoms with Crippen molar-refractivity contribution in [3.8, 4) is 28.4 Å². The number of halogens is 1. The van der Waals surface area contributed by atoms with Crippen molar-refractivity contribution >= 4 is 5.97 Å². The van der Waals surface area contributed by atoms with E-state index in [1.807, 2.05) is 55.7 Å². The van der Waals surface area contributed by atoms with Crippen molar-refractivity contribution in [2.75, 3.05) is 13.7 Å². The molecule has 1 aromatic heterocycles. The third kappa shape index (κ3) is 5.26. The van der Waals surface area contributed by atoms with E-state index in [4.69, 9.17) is 18.9 Å². The van der Waals surface area contributed by atoms with Crippen LogP contribution in [-0.2, 0) is 29.6 Å². The Bertz CT molecular complexity index is 1610. The number of methoxy groups -OCH3 is 1. The van der Waals surface area contributed by atoms with Gasteiger partial charge in [-0.25, -0.2) is 4.39 Å². The normalized spacial score (nSPS) is 17.1. The molecule has 1 aliphatic heterocycles. The third-order valence-electron chi connectivity index (χ3n) is 8.00. The summed E-state index contributed by atoms with van der Waals surface area (Å²) in [6.07, 6.45) is 3.15. The van der Waals surface area contributed by atoms with E-state index < -0.39 is 6.10 Å². The van der Waals surface area contributed by atoms with Crippen LogP contribution in [0.4, 0.5) is 4.39 Å². The Balaban J connectivity index is 1.23. The predicted octanol–water partition coefficient (Wildman–Crippen LogP) is 6.53. The summed E-state index contributed by atoms with van der Waals surface area (Å²) < 4.78 is 40.1. The molecule has 0 bridgehead atoms. The molecule has 4 aromatic rings. The van der Waals surface area contributed by atoms with E-state index in [1.54, 1.807) is 10.7 Å². The van der Waals surface area contributed by atoms with Crippen LogP contribution < -0.4 is 14.2 Å². The Morgan fingerprint density at radius 1 is 1.10 bits per heavy atom. The predicted molar refractivity (Wildman–Crippen MR) is 152 cm³/mol. The van der Waals surface area contributed by atoms with E-state index in [0.717, 1.165) is 44.8 Å². The number of rotatable bonds is 8. The van der Waals surface area contributed by atoms with Gasteiger partial charge in [0.05, 0.1) is 25.8 Å². The van der Waals surface area contributed by atoms with Gasteiger partial charge in [0.15, 0.2) is 0 Å². The minimum Gasteiger partial charge on any atom is -0.492 e. The number of esters is 1. The summed E-state index contributed by atoms with van der Waals surface area (Å²) in [5.74, 6) is 1.52. The first-order valence-electron chi connectivity index (χ1n) is 13.8. The molecule has 212 valence electrons. The number of ether oxygens (including phenoxy) is 4. The molecule has 41 heavy (non-hydrogen) atoms. The topological polar surface area (TPSA) is 71.8 Å². The lowest BCUT2D eigenvalue weighted by molar-refractivity contribution is -0.141. The maximum atomic E-state index is 15.3. The third-order valence-corrected chi connectivity index (χ3v) is 8.00. The molecule has 0 radical (unpaired) electrons. The average Bonchev–Trinajstić information content (AvgIpc) is 3.67. The minimum absolute atomic E-state index is 0.0445. The largest absolute Gasteiger partial charge is 0.492 e. The number of aromatic nitrogens is 2. The molecule has 2 atom stereocenters. The molecule has 0 amide bonds. The highest BCUT2D eigenvalue weighted by molar-refractivity contribution is 5.76. The van der Waals surface area contributed by atoms with Crippen molar-refractivity contribution in [3.63, 3.8) is 0 Å². The van der Waals surface area contributed by atoms with Crippen LogP contribution >= 0.6 is 0 Å². The van der Waals surface area contributed by atoms with Crippen molar-refractivity contribution in [1.82, 2.24) is 9.78 Å². The van der Waals surface area contributed by atoms with Crippen molar-refractivity contribution in [2.24, 2.45) is 7.05 Å². The van der Waals surface area contributed by atoms with E-state index in [-0.39, 0.29) is 24.1 Å². The summed E-state index contributed by atoms with van der Waals surface area (Å²) in [7, 11) is 3.27. The molecule has 1 unspecified atom stereocenters. The lowest BCUT2D eigenvalue weighted by Crippen LogP contribution is -2.09. The van der Waals surface area contributed by atoms with Gasteiger partial charge in [-0.3, -0.25) is 9.48 Å². The summed E-state index contributed by atoms with van der Waals surface area (Å²) in [6, 6.07) is 15.1. The molecule has 7 nitrogen and oxygen atoms in total. The maximum absolute atomic E-state index is 15.3. The number of hydrogen-bond acceptors (Lipinski definition) is 6. The van der Waals surface area contributed by atoms with Gasteiger partial charge in [0, 0.05) is 36.4 Å². The van der Waals surface area contributed by atoms with Crippen LogP contribution in [0.15, 0.2) is 54.7 Å². The first-order valence-corrected chi connectivity index (χ1v) is 13.8. The molecule has 1 aliphatic carbocycles. The van der Waals surface area contributed by atoms with Gasteiger partial charge >= 0.3 is 5.97 Å². The fourth-order valence-corrected chi connectivity index (χ4v) is 6.10. The zero-order chi connectivity index (χ0) is 28.7. The van der Waals surface area contributed by atoms with Crippen LogP contribution in [0, 0.1) is 19.7 Å². The van der Waals surface area contributed by atoms with Gasteiger partial charge in [0.25, 0.3) is 0 Å². The Morgan fingerprint density at radius 2 is 1.90 bits per heavy atom. The van der Waals surface area contributed by atoms with Crippen LogP contribution in [0.5, 0.6) is 17.2 Å². The van der Waals surface area contributed by atoms with E-state index in [2.05, 4.69) is 18.9 Å². The maximum Gasteiger partial charge on any atom is 0.306 e. The van der Waals surface area contributed by atoms with Crippen LogP contribution in [0.2, 0.25) is 0 Å². The molecule has 8 heteroatoms. The smallest absolute Gasteiger partial charge is 0.306 e. The average molecular weight is 557 g/mol. The SMILES string of the molecule is COC(=O)C[C@@H]1COc2cc(OC3CCc4c(-c5c(C)cc(OCc6ccn(C)n6)cc5C)ccc(F)c43)ccc21.